The Bertz CT molecular complexity index is 605. The van der Waals surface area contributed by atoms with Crippen LogP contribution in [0, 0.1) is 0 Å². The fourth-order valence-corrected chi connectivity index (χ4v) is 2.12. The summed E-state index contributed by atoms with van der Waals surface area (Å²) in [6.07, 6.45) is 2.83. The van der Waals surface area contributed by atoms with Crippen LogP contribution < -0.4 is 0 Å². The molecule has 102 valence electrons. The van der Waals surface area contributed by atoms with Gasteiger partial charge in [-0.2, -0.15) is 0 Å². The molecule has 1 heterocycles. The molecule has 0 aliphatic rings. The van der Waals surface area contributed by atoms with Gasteiger partial charge in [0.1, 0.15) is 5.69 Å². The summed E-state index contributed by atoms with van der Waals surface area (Å²) in [5.74, 6) is -0.0698. The van der Waals surface area contributed by atoms with Crippen LogP contribution in [0.25, 0.3) is 0 Å². The topological polar surface area (TPSA) is 47.0 Å². The lowest BCUT2D eigenvalue weighted by Gasteiger charge is -2.06. The minimum atomic E-state index is -0.0899. The van der Waals surface area contributed by atoms with Gasteiger partial charge < -0.3 is 0 Å². The number of hydrogen-bond donors (Lipinski definition) is 0. The third-order valence-electron chi connectivity index (χ3n) is 3.23. The lowest BCUT2D eigenvalue weighted by molar-refractivity contribution is 0.0914. The predicted molar refractivity (Wildman–Crippen MR) is 78.0 cm³/mol. The van der Waals surface area contributed by atoms with Crippen molar-refractivity contribution in [3.8, 4) is 0 Å². The van der Waals surface area contributed by atoms with Crippen LogP contribution in [0.4, 0.5) is 0 Å². The second-order valence-electron chi connectivity index (χ2n) is 4.57. The minimum Gasteiger partial charge on any atom is -0.294 e. The van der Waals surface area contributed by atoms with Gasteiger partial charge in [0.15, 0.2) is 11.6 Å². The summed E-state index contributed by atoms with van der Waals surface area (Å²) in [5.41, 5.74) is 2.18. The van der Waals surface area contributed by atoms with Crippen molar-refractivity contribution < 1.29 is 9.59 Å². The van der Waals surface area contributed by atoms with Crippen molar-refractivity contribution in [2.45, 2.75) is 26.2 Å². The zero-order valence-corrected chi connectivity index (χ0v) is 11.5. The average molecular weight is 267 g/mol. The lowest BCUT2D eigenvalue weighted by Crippen LogP contribution is -2.08. The van der Waals surface area contributed by atoms with Gasteiger partial charge in [0.2, 0.25) is 0 Å². The third kappa shape index (κ3) is 3.38. The van der Waals surface area contributed by atoms with Crippen LogP contribution in [0.5, 0.6) is 0 Å². The standard InChI is InChI=1S/C17H17NO2/c1-2-13-7-3-4-8-14(13)16(19)10-11-17(20)15-9-5-6-12-18-15/h3-9,12H,2,10-11H2,1H3. The van der Waals surface area contributed by atoms with Crippen LogP contribution in [-0.2, 0) is 6.42 Å². The van der Waals surface area contributed by atoms with Gasteiger partial charge in [-0.15, -0.1) is 0 Å². The number of Topliss-reactive ketones (excluding diaryl/α,β-unsaturated/α-hetero) is 2. The monoisotopic (exact) mass is 267 g/mol. The van der Waals surface area contributed by atoms with Crippen LogP contribution in [0.2, 0.25) is 0 Å². The van der Waals surface area contributed by atoms with E-state index in [1.54, 1.807) is 24.4 Å². The Morgan fingerprint density at radius 2 is 1.65 bits per heavy atom. The first-order valence-corrected chi connectivity index (χ1v) is 6.77. The Hall–Kier alpha value is -2.29. The number of aryl methyl sites for hydroxylation is 1. The molecule has 0 saturated carbocycles. The molecule has 2 aromatic rings. The highest BCUT2D eigenvalue weighted by atomic mass is 16.1. The number of hydrogen-bond acceptors (Lipinski definition) is 3. The van der Waals surface area contributed by atoms with Crippen LogP contribution in [-0.4, -0.2) is 16.6 Å². The van der Waals surface area contributed by atoms with Crippen LogP contribution >= 0.6 is 0 Å². The van der Waals surface area contributed by atoms with E-state index in [4.69, 9.17) is 0 Å². The molecule has 3 heteroatoms. The summed E-state index contributed by atoms with van der Waals surface area (Å²) in [7, 11) is 0. The van der Waals surface area contributed by atoms with Gasteiger partial charge in [-0.3, -0.25) is 14.6 Å². The highest BCUT2D eigenvalue weighted by Gasteiger charge is 2.13. The van der Waals surface area contributed by atoms with Gasteiger partial charge in [-0.05, 0) is 24.1 Å². The van der Waals surface area contributed by atoms with E-state index in [1.807, 2.05) is 31.2 Å². The molecule has 3 nitrogen and oxygen atoms in total. The molecule has 1 aromatic heterocycles. The molecule has 0 fully saturated rings. The van der Waals surface area contributed by atoms with E-state index in [0.29, 0.717) is 5.69 Å². The average Bonchev–Trinajstić information content (AvgIpc) is 2.53. The number of pyridine rings is 1. The number of aromatic nitrogens is 1. The van der Waals surface area contributed by atoms with E-state index in [9.17, 15) is 9.59 Å². The van der Waals surface area contributed by atoms with Crippen molar-refractivity contribution in [2.75, 3.05) is 0 Å². The van der Waals surface area contributed by atoms with Crippen LogP contribution in [0.3, 0.4) is 0 Å². The van der Waals surface area contributed by atoms with E-state index < -0.39 is 0 Å². The number of ketones is 2. The van der Waals surface area contributed by atoms with Gasteiger partial charge in [0.25, 0.3) is 0 Å². The maximum absolute atomic E-state index is 12.2. The van der Waals surface area contributed by atoms with Crippen molar-refractivity contribution in [2.24, 2.45) is 0 Å². The molecule has 0 amide bonds. The van der Waals surface area contributed by atoms with Crippen molar-refractivity contribution >= 4 is 11.6 Å². The summed E-state index contributed by atoms with van der Waals surface area (Å²) < 4.78 is 0. The summed E-state index contributed by atoms with van der Waals surface area (Å²) in [5, 5.41) is 0. The van der Waals surface area contributed by atoms with Crippen LogP contribution in [0.1, 0.15) is 46.2 Å². The minimum absolute atomic E-state index is 0.0201. The van der Waals surface area contributed by atoms with Crippen molar-refractivity contribution in [1.29, 1.82) is 0 Å². The zero-order chi connectivity index (χ0) is 14.4. The number of benzene rings is 1. The number of carbonyl (C=O) groups excluding carboxylic acids is 2. The lowest BCUT2D eigenvalue weighted by atomic mass is 9.98. The SMILES string of the molecule is CCc1ccccc1C(=O)CCC(=O)c1ccccn1. The Labute approximate surface area is 118 Å². The Balaban J connectivity index is 2.01. The summed E-state index contributed by atoms with van der Waals surface area (Å²) in [6, 6.07) is 12.8. The molecule has 1 aromatic carbocycles. The highest BCUT2D eigenvalue weighted by Crippen LogP contribution is 2.14. The maximum atomic E-state index is 12.2. The molecule has 0 atom stereocenters. The smallest absolute Gasteiger partial charge is 0.181 e. The molecule has 0 N–H and O–H groups in total. The molecule has 0 bridgehead atoms. The molecule has 0 radical (unpaired) electrons. The van der Waals surface area contributed by atoms with Crippen molar-refractivity contribution in [3.05, 3.63) is 65.5 Å². The first kappa shape index (κ1) is 14.1. The molecule has 2 rings (SSSR count). The zero-order valence-electron chi connectivity index (χ0n) is 11.5. The molecule has 0 aliphatic heterocycles. The number of carbonyl (C=O) groups is 2. The molecule has 0 saturated heterocycles. The van der Waals surface area contributed by atoms with Gasteiger partial charge >= 0.3 is 0 Å². The molecule has 0 aliphatic carbocycles. The second-order valence-corrected chi connectivity index (χ2v) is 4.57. The number of nitrogens with zero attached hydrogens (tertiary/aromatic N) is 1. The van der Waals surface area contributed by atoms with Crippen molar-refractivity contribution in [1.82, 2.24) is 4.98 Å². The number of rotatable bonds is 6. The second kappa shape index (κ2) is 6.75. The largest absolute Gasteiger partial charge is 0.294 e. The van der Waals surface area contributed by atoms with Crippen molar-refractivity contribution in [3.63, 3.8) is 0 Å². The van der Waals surface area contributed by atoms with E-state index in [-0.39, 0.29) is 24.4 Å². The fraction of sp³-hybridized carbons (Fsp3) is 0.235. The first-order chi connectivity index (χ1) is 9.72. The third-order valence-corrected chi connectivity index (χ3v) is 3.23. The van der Waals surface area contributed by atoms with Gasteiger partial charge in [0.05, 0.1) is 0 Å². The summed E-state index contributed by atoms with van der Waals surface area (Å²) >= 11 is 0. The summed E-state index contributed by atoms with van der Waals surface area (Å²) in [4.78, 5) is 28.1. The fourth-order valence-electron chi connectivity index (χ4n) is 2.12. The quantitative estimate of drug-likeness (QED) is 0.753. The molecular weight excluding hydrogens is 250 g/mol. The molecule has 0 unspecified atom stereocenters. The van der Waals surface area contributed by atoms with Crippen LogP contribution in [0.15, 0.2) is 48.7 Å². The molecule has 20 heavy (non-hydrogen) atoms. The van der Waals surface area contributed by atoms with E-state index in [2.05, 4.69) is 4.98 Å². The Kier molecular flexibility index (Phi) is 4.77. The maximum Gasteiger partial charge on any atom is 0.181 e. The molecular formula is C17H17NO2. The van der Waals surface area contributed by atoms with Gasteiger partial charge in [-0.25, -0.2) is 0 Å². The highest BCUT2D eigenvalue weighted by molar-refractivity contribution is 6.02. The summed E-state index contributed by atoms with van der Waals surface area (Å²) in [6.45, 7) is 2.02. The molecule has 0 spiro atoms. The Morgan fingerprint density at radius 1 is 0.950 bits per heavy atom. The van der Waals surface area contributed by atoms with Gasteiger partial charge in [0, 0.05) is 24.6 Å². The van der Waals surface area contributed by atoms with E-state index >= 15 is 0 Å². The van der Waals surface area contributed by atoms with E-state index in [0.717, 1.165) is 17.5 Å². The predicted octanol–water partition coefficient (Wildman–Crippen LogP) is 3.49. The van der Waals surface area contributed by atoms with E-state index in [1.165, 1.54) is 0 Å². The van der Waals surface area contributed by atoms with Gasteiger partial charge in [-0.1, -0.05) is 37.3 Å². The Morgan fingerprint density at radius 3 is 2.35 bits per heavy atom. The first-order valence-electron chi connectivity index (χ1n) is 6.77. The normalized spacial score (nSPS) is 10.2.